The Morgan fingerprint density at radius 1 is 1.22 bits per heavy atom. The molecule has 0 radical (unpaired) electrons. The predicted molar refractivity (Wildman–Crippen MR) is 71.1 cm³/mol. The first-order valence-corrected chi connectivity index (χ1v) is 6.66. The van der Waals surface area contributed by atoms with Crippen molar-refractivity contribution in [1.82, 2.24) is 5.32 Å². The highest BCUT2D eigenvalue weighted by molar-refractivity contribution is 5.76. The summed E-state index contributed by atoms with van der Waals surface area (Å²) in [5.74, 6) is -0.490. The van der Waals surface area contributed by atoms with Crippen molar-refractivity contribution in [3.63, 3.8) is 0 Å². The maximum atomic E-state index is 12.0. The van der Waals surface area contributed by atoms with Crippen LogP contribution in [0.25, 0.3) is 0 Å². The molecule has 0 saturated heterocycles. The van der Waals surface area contributed by atoms with Crippen LogP contribution in [0.5, 0.6) is 5.75 Å². The number of alkyl halides is 5. The second-order valence-corrected chi connectivity index (χ2v) is 4.65. The number of amides is 1. The molecule has 0 bridgehead atoms. The first-order valence-electron chi connectivity index (χ1n) is 6.66. The number of rotatable bonds is 8. The molecular formula is C14H16F5NO3. The molecule has 0 aliphatic carbocycles. The molecule has 0 fully saturated rings. The van der Waals surface area contributed by atoms with Gasteiger partial charge in [-0.25, -0.2) is 0 Å². The van der Waals surface area contributed by atoms with Gasteiger partial charge in [0.2, 0.25) is 5.91 Å². The number of nitrogens with one attached hydrogen (secondary N) is 1. The van der Waals surface area contributed by atoms with Crippen molar-refractivity contribution >= 4 is 5.91 Å². The summed E-state index contributed by atoms with van der Waals surface area (Å²) < 4.78 is 68.1. The monoisotopic (exact) mass is 341 g/mol. The smallest absolute Gasteiger partial charge is 0.411 e. The van der Waals surface area contributed by atoms with E-state index < -0.39 is 31.3 Å². The summed E-state index contributed by atoms with van der Waals surface area (Å²) in [5.41, 5.74) is 0.635. The van der Waals surface area contributed by atoms with Crippen LogP contribution in [0.4, 0.5) is 22.0 Å². The summed E-state index contributed by atoms with van der Waals surface area (Å²) in [6.45, 7) is -3.02. The molecule has 23 heavy (non-hydrogen) atoms. The Labute approximate surface area is 129 Å². The van der Waals surface area contributed by atoms with Gasteiger partial charge in [0.1, 0.15) is 12.4 Å². The van der Waals surface area contributed by atoms with Gasteiger partial charge < -0.3 is 14.8 Å². The lowest BCUT2D eigenvalue weighted by atomic mass is 10.1. The van der Waals surface area contributed by atoms with E-state index in [4.69, 9.17) is 0 Å². The fourth-order valence-electron chi connectivity index (χ4n) is 1.69. The second-order valence-electron chi connectivity index (χ2n) is 4.65. The van der Waals surface area contributed by atoms with Crippen LogP contribution in [-0.4, -0.2) is 31.9 Å². The Morgan fingerprint density at radius 3 is 2.35 bits per heavy atom. The molecule has 1 atom stereocenters. The van der Waals surface area contributed by atoms with Crippen LogP contribution < -0.4 is 10.1 Å². The van der Waals surface area contributed by atoms with Gasteiger partial charge in [0.05, 0.1) is 12.6 Å². The molecule has 1 N–H and O–H groups in total. The van der Waals surface area contributed by atoms with Gasteiger partial charge in [0.15, 0.2) is 0 Å². The largest absolute Gasteiger partial charge is 0.435 e. The van der Waals surface area contributed by atoms with E-state index in [2.05, 4.69) is 14.8 Å². The van der Waals surface area contributed by atoms with Crippen LogP contribution in [0.1, 0.15) is 24.9 Å². The molecule has 9 heteroatoms. The van der Waals surface area contributed by atoms with Gasteiger partial charge in [-0.2, -0.15) is 22.0 Å². The van der Waals surface area contributed by atoms with E-state index in [9.17, 15) is 26.7 Å². The number of ether oxygens (including phenoxy) is 2. The summed E-state index contributed by atoms with van der Waals surface area (Å²) in [6.07, 6.45) is -4.64. The SMILES string of the molecule is CC(NC(=O)CCOCC(F)(F)F)c1ccc(OC(F)F)cc1. The van der Waals surface area contributed by atoms with Crippen LogP contribution in [0.15, 0.2) is 24.3 Å². The standard InChI is InChI=1S/C14H16F5NO3/c1-9(10-2-4-11(5-3-10)23-13(15)16)20-12(21)6-7-22-8-14(17,18)19/h2-5,9,13H,6-8H2,1H3,(H,20,21). The first kappa shape index (κ1) is 19.1. The van der Waals surface area contributed by atoms with Crippen molar-refractivity contribution in [3.05, 3.63) is 29.8 Å². The van der Waals surface area contributed by atoms with Gasteiger partial charge in [0, 0.05) is 6.42 Å². The lowest BCUT2D eigenvalue weighted by Gasteiger charge is -2.15. The average Bonchev–Trinajstić information content (AvgIpc) is 2.42. The van der Waals surface area contributed by atoms with Crippen molar-refractivity contribution in [2.24, 2.45) is 0 Å². The number of hydrogen-bond acceptors (Lipinski definition) is 3. The molecule has 0 heterocycles. The van der Waals surface area contributed by atoms with Gasteiger partial charge in [-0.3, -0.25) is 4.79 Å². The summed E-state index contributed by atoms with van der Waals surface area (Å²) in [4.78, 5) is 11.6. The summed E-state index contributed by atoms with van der Waals surface area (Å²) >= 11 is 0. The molecule has 1 rings (SSSR count). The fourth-order valence-corrected chi connectivity index (χ4v) is 1.69. The topological polar surface area (TPSA) is 47.6 Å². The van der Waals surface area contributed by atoms with Crippen molar-refractivity contribution < 1.29 is 36.2 Å². The lowest BCUT2D eigenvalue weighted by Crippen LogP contribution is -2.28. The van der Waals surface area contributed by atoms with Gasteiger partial charge >= 0.3 is 12.8 Å². The molecule has 1 aromatic rings. The number of benzene rings is 1. The molecular weight excluding hydrogens is 325 g/mol. The molecule has 0 spiro atoms. The summed E-state index contributed by atoms with van der Waals surface area (Å²) in [7, 11) is 0. The Balaban J connectivity index is 2.37. The number of carbonyl (C=O) groups excluding carboxylic acids is 1. The normalized spacial score (nSPS) is 13.0. The number of carbonyl (C=O) groups is 1. The third-order valence-corrected chi connectivity index (χ3v) is 2.72. The fraction of sp³-hybridized carbons (Fsp3) is 0.500. The quantitative estimate of drug-likeness (QED) is 0.582. The van der Waals surface area contributed by atoms with E-state index in [-0.39, 0.29) is 18.8 Å². The molecule has 0 aromatic heterocycles. The third kappa shape index (κ3) is 8.34. The maximum absolute atomic E-state index is 12.0. The van der Waals surface area contributed by atoms with Gasteiger partial charge in [0.25, 0.3) is 0 Å². The highest BCUT2D eigenvalue weighted by Gasteiger charge is 2.27. The molecule has 1 aromatic carbocycles. The van der Waals surface area contributed by atoms with Crippen LogP contribution in [-0.2, 0) is 9.53 Å². The zero-order valence-electron chi connectivity index (χ0n) is 12.2. The lowest BCUT2D eigenvalue weighted by molar-refractivity contribution is -0.174. The van der Waals surface area contributed by atoms with Crippen molar-refractivity contribution in [3.8, 4) is 5.75 Å². The molecule has 0 aliphatic rings. The molecule has 1 amide bonds. The van der Waals surface area contributed by atoms with Crippen LogP contribution >= 0.6 is 0 Å². The maximum Gasteiger partial charge on any atom is 0.411 e. The molecule has 0 saturated carbocycles. The average molecular weight is 341 g/mol. The summed E-state index contributed by atoms with van der Waals surface area (Å²) in [6, 6.07) is 5.23. The second kappa shape index (κ2) is 8.66. The number of halogens is 5. The third-order valence-electron chi connectivity index (χ3n) is 2.72. The summed E-state index contributed by atoms with van der Waals surface area (Å²) in [5, 5.41) is 2.56. The Bertz CT molecular complexity index is 490. The van der Waals surface area contributed by atoms with E-state index in [1.807, 2.05) is 0 Å². The molecule has 130 valence electrons. The minimum absolute atomic E-state index is 0.0113. The minimum atomic E-state index is -4.42. The van der Waals surface area contributed by atoms with Gasteiger partial charge in [-0.05, 0) is 24.6 Å². The van der Waals surface area contributed by atoms with E-state index >= 15 is 0 Å². The van der Waals surface area contributed by atoms with Crippen molar-refractivity contribution in [2.45, 2.75) is 32.2 Å². The molecule has 1 unspecified atom stereocenters. The Morgan fingerprint density at radius 2 is 1.83 bits per heavy atom. The van der Waals surface area contributed by atoms with E-state index in [1.165, 1.54) is 24.3 Å². The van der Waals surface area contributed by atoms with Gasteiger partial charge in [-0.15, -0.1) is 0 Å². The van der Waals surface area contributed by atoms with Crippen LogP contribution in [0.2, 0.25) is 0 Å². The molecule has 0 aliphatic heterocycles. The van der Waals surface area contributed by atoms with E-state index in [1.54, 1.807) is 6.92 Å². The first-order chi connectivity index (χ1) is 10.7. The predicted octanol–water partition coefficient (Wildman–Crippen LogP) is 3.43. The van der Waals surface area contributed by atoms with Crippen LogP contribution in [0, 0.1) is 0 Å². The van der Waals surface area contributed by atoms with Crippen LogP contribution in [0.3, 0.4) is 0 Å². The minimum Gasteiger partial charge on any atom is -0.435 e. The zero-order valence-corrected chi connectivity index (χ0v) is 12.2. The van der Waals surface area contributed by atoms with Crippen molar-refractivity contribution in [2.75, 3.05) is 13.2 Å². The zero-order chi connectivity index (χ0) is 17.5. The van der Waals surface area contributed by atoms with Gasteiger partial charge in [-0.1, -0.05) is 12.1 Å². The Kier molecular flexibility index (Phi) is 7.21. The number of hydrogen-bond donors (Lipinski definition) is 1. The van der Waals surface area contributed by atoms with E-state index in [0.717, 1.165) is 0 Å². The van der Waals surface area contributed by atoms with Crippen molar-refractivity contribution in [1.29, 1.82) is 0 Å². The van der Waals surface area contributed by atoms with E-state index in [0.29, 0.717) is 5.56 Å². The Hall–Kier alpha value is -1.90. The highest BCUT2D eigenvalue weighted by atomic mass is 19.4. The molecule has 4 nitrogen and oxygen atoms in total. The highest BCUT2D eigenvalue weighted by Crippen LogP contribution is 2.19.